The summed E-state index contributed by atoms with van der Waals surface area (Å²) in [6.45, 7) is 1.66. The van der Waals surface area contributed by atoms with E-state index in [1.165, 1.54) is 6.92 Å². The Labute approximate surface area is 87.4 Å². The number of ether oxygens (including phenoxy) is 1. The summed E-state index contributed by atoms with van der Waals surface area (Å²) in [5.41, 5.74) is 0.912. The van der Waals surface area contributed by atoms with Crippen molar-refractivity contribution in [2.75, 3.05) is 6.54 Å². The van der Waals surface area contributed by atoms with Crippen LogP contribution in [0.25, 0.3) is 0 Å². The SMILES string of the molecule is CC(=O)N1CC(c2ccccc2)OC1=O. The molecule has 2 rings (SSSR count). The molecule has 4 nitrogen and oxygen atoms in total. The molecule has 0 spiro atoms. The molecule has 0 aromatic heterocycles. The van der Waals surface area contributed by atoms with Gasteiger partial charge in [-0.05, 0) is 5.56 Å². The summed E-state index contributed by atoms with van der Waals surface area (Å²) in [4.78, 5) is 23.4. The molecule has 1 fully saturated rings. The van der Waals surface area contributed by atoms with Crippen molar-refractivity contribution < 1.29 is 14.3 Å². The molecule has 4 heteroatoms. The average molecular weight is 205 g/mol. The van der Waals surface area contributed by atoms with E-state index in [2.05, 4.69) is 0 Å². The van der Waals surface area contributed by atoms with Crippen molar-refractivity contribution in [1.82, 2.24) is 4.90 Å². The van der Waals surface area contributed by atoms with Crippen LogP contribution in [0.5, 0.6) is 0 Å². The maximum atomic E-state index is 11.3. The van der Waals surface area contributed by atoms with Crippen molar-refractivity contribution in [3.8, 4) is 0 Å². The molecule has 1 atom stereocenters. The number of carbonyl (C=O) groups is 2. The Morgan fingerprint density at radius 2 is 2.07 bits per heavy atom. The molecule has 0 radical (unpaired) electrons. The first kappa shape index (κ1) is 9.71. The number of benzene rings is 1. The normalized spacial score (nSPS) is 20.2. The summed E-state index contributed by atoms with van der Waals surface area (Å²) in [7, 11) is 0. The van der Waals surface area contributed by atoms with Crippen LogP contribution in [0.3, 0.4) is 0 Å². The van der Waals surface area contributed by atoms with Gasteiger partial charge >= 0.3 is 6.09 Å². The minimum atomic E-state index is -0.559. The van der Waals surface area contributed by atoms with Gasteiger partial charge in [0.05, 0.1) is 6.54 Å². The first-order chi connectivity index (χ1) is 7.18. The molecule has 0 N–H and O–H groups in total. The molecule has 2 amide bonds. The second-order valence-corrected chi connectivity index (χ2v) is 3.41. The molecule has 0 saturated carbocycles. The van der Waals surface area contributed by atoms with Crippen molar-refractivity contribution in [3.05, 3.63) is 35.9 Å². The molecular weight excluding hydrogens is 194 g/mol. The van der Waals surface area contributed by atoms with Gasteiger partial charge in [-0.1, -0.05) is 30.3 Å². The highest BCUT2D eigenvalue weighted by molar-refractivity contribution is 5.91. The lowest BCUT2D eigenvalue weighted by Gasteiger charge is -2.07. The lowest BCUT2D eigenvalue weighted by atomic mass is 10.1. The predicted octanol–water partition coefficient (Wildman–Crippen LogP) is 1.73. The number of nitrogens with zero attached hydrogens (tertiary/aromatic N) is 1. The van der Waals surface area contributed by atoms with E-state index >= 15 is 0 Å². The topological polar surface area (TPSA) is 46.6 Å². The summed E-state index contributed by atoms with van der Waals surface area (Å²) in [5, 5.41) is 0. The lowest BCUT2D eigenvalue weighted by molar-refractivity contribution is -0.125. The second-order valence-electron chi connectivity index (χ2n) is 3.41. The van der Waals surface area contributed by atoms with Crippen LogP contribution in [0.4, 0.5) is 4.79 Å². The van der Waals surface area contributed by atoms with Gasteiger partial charge in [0.25, 0.3) is 0 Å². The fourth-order valence-electron chi connectivity index (χ4n) is 1.56. The molecule has 1 aromatic rings. The first-order valence-electron chi connectivity index (χ1n) is 4.72. The maximum Gasteiger partial charge on any atom is 0.417 e. The number of hydrogen-bond acceptors (Lipinski definition) is 3. The average Bonchev–Trinajstić information content (AvgIpc) is 2.62. The second kappa shape index (κ2) is 3.73. The van der Waals surface area contributed by atoms with Gasteiger partial charge in [0.15, 0.2) is 0 Å². The van der Waals surface area contributed by atoms with Crippen LogP contribution in [0.2, 0.25) is 0 Å². The van der Waals surface area contributed by atoms with E-state index in [9.17, 15) is 9.59 Å². The van der Waals surface area contributed by atoms with E-state index in [1.807, 2.05) is 30.3 Å². The van der Waals surface area contributed by atoms with Crippen LogP contribution in [0, 0.1) is 0 Å². The Morgan fingerprint density at radius 3 is 2.60 bits per heavy atom. The van der Waals surface area contributed by atoms with Crippen molar-refractivity contribution in [3.63, 3.8) is 0 Å². The standard InChI is InChI=1S/C11H11NO3/c1-8(13)12-7-10(15-11(12)14)9-5-3-2-4-6-9/h2-6,10H,7H2,1H3. The quantitative estimate of drug-likeness (QED) is 0.701. The molecule has 0 bridgehead atoms. The zero-order valence-electron chi connectivity index (χ0n) is 8.34. The lowest BCUT2D eigenvalue weighted by Crippen LogP contribution is -2.29. The van der Waals surface area contributed by atoms with Crippen molar-refractivity contribution in [2.45, 2.75) is 13.0 Å². The third kappa shape index (κ3) is 1.83. The van der Waals surface area contributed by atoms with Crippen molar-refractivity contribution in [1.29, 1.82) is 0 Å². The number of imide groups is 1. The number of hydrogen-bond donors (Lipinski definition) is 0. The van der Waals surface area contributed by atoms with Crippen LogP contribution in [-0.4, -0.2) is 23.4 Å². The summed E-state index contributed by atoms with van der Waals surface area (Å²) in [6.07, 6.45) is -0.890. The third-order valence-electron chi connectivity index (χ3n) is 2.36. The van der Waals surface area contributed by atoms with Crippen LogP contribution in [0.1, 0.15) is 18.6 Å². The van der Waals surface area contributed by atoms with Gasteiger partial charge in [-0.15, -0.1) is 0 Å². The molecule has 1 heterocycles. The highest BCUT2D eigenvalue weighted by Crippen LogP contribution is 2.25. The van der Waals surface area contributed by atoms with Gasteiger partial charge in [-0.3, -0.25) is 4.79 Å². The Bertz CT molecular complexity index is 388. The number of amides is 2. The molecular formula is C11H11NO3. The van der Waals surface area contributed by atoms with Gasteiger partial charge in [0, 0.05) is 6.92 Å². The molecule has 1 aliphatic heterocycles. The maximum absolute atomic E-state index is 11.3. The first-order valence-corrected chi connectivity index (χ1v) is 4.72. The van der Waals surface area contributed by atoms with E-state index in [0.29, 0.717) is 6.54 Å². The summed E-state index contributed by atoms with van der Waals surface area (Å²) >= 11 is 0. The predicted molar refractivity (Wildman–Crippen MR) is 53.1 cm³/mol. The minimum Gasteiger partial charge on any atom is -0.439 e. The minimum absolute atomic E-state index is 0.279. The summed E-state index contributed by atoms with van der Waals surface area (Å²) in [6, 6.07) is 9.39. The Kier molecular flexibility index (Phi) is 2.41. The van der Waals surface area contributed by atoms with Crippen molar-refractivity contribution in [2.24, 2.45) is 0 Å². The summed E-state index contributed by atoms with van der Waals surface area (Å²) < 4.78 is 5.09. The Morgan fingerprint density at radius 1 is 1.40 bits per heavy atom. The Balaban J connectivity index is 2.16. The molecule has 1 unspecified atom stereocenters. The highest BCUT2D eigenvalue weighted by Gasteiger charge is 2.34. The smallest absolute Gasteiger partial charge is 0.417 e. The summed E-state index contributed by atoms with van der Waals surface area (Å²) in [5.74, 6) is -0.279. The zero-order chi connectivity index (χ0) is 10.8. The molecule has 0 aliphatic carbocycles. The molecule has 1 aliphatic rings. The van der Waals surface area contributed by atoms with E-state index in [1.54, 1.807) is 0 Å². The number of cyclic esters (lactones) is 1. The molecule has 1 aromatic carbocycles. The fraction of sp³-hybridized carbons (Fsp3) is 0.273. The largest absolute Gasteiger partial charge is 0.439 e. The highest BCUT2D eigenvalue weighted by atomic mass is 16.6. The zero-order valence-corrected chi connectivity index (χ0v) is 8.34. The van der Waals surface area contributed by atoms with E-state index < -0.39 is 6.09 Å². The van der Waals surface area contributed by atoms with Gasteiger partial charge in [0.2, 0.25) is 5.91 Å². The van der Waals surface area contributed by atoms with Crippen LogP contribution >= 0.6 is 0 Å². The molecule has 1 saturated heterocycles. The van der Waals surface area contributed by atoms with Gasteiger partial charge in [-0.2, -0.15) is 0 Å². The van der Waals surface area contributed by atoms with Gasteiger partial charge < -0.3 is 4.74 Å². The monoisotopic (exact) mass is 205 g/mol. The van der Waals surface area contributed by atoms with Gasteiger partial charge in [0.1, 0.15) is 6.10 Å². The fourth-order valence-corrected chi connectivity index (χ4v) is 1.56. The van der Waals surface area contributed by atoms with Crippen LogP contribution in [0.15, 0.2) is 30.3 Å². The molecule has 15 heavy (non-hydrogen) atoms. The molecule has 78 valence electrons. The number of rotatable bonds is 1. The van der Waals surface area contributed by atoms with Crippen molar-refractivity contribution >= 4 is 12.0 Å². The Hall–Kier alpha value is -1.84. The third-order valence-corrected chi connectivity index (χ3v) is 2.36. The number of carbonyl (C=O) groups excluding carboxylic acids is 2. The van der Waals surface area contributed by atoms with Gasteiger partial charge in [-0.25, -0.2) is 9.69 Å². The van der Waals surface area contributed by atoms with Crippen LogP contribution in [-0.2, 0) is 9.53 Å². The van der Waals surface area contributed by atoms with E-state index in [4.69, 9.17) is 4.74 Å². The van der Waals surface area contributed by atoms with E-state index in [-0.39, 0.29) is 12.0 Å². The van der Waals surface area contributed by atoms with Crippen LogP contribution < -0.4 is 0 Å². The van der Waals surface area contributed by atoms with E-state index in [0.717, 1.165) is 10.5 Å².